The van der Waals surface area contributed by atoms with E-state index in [1.165, 1.54) is 11.0 Å². The quantitative estimate of drug-likeness (QED) is 0.306. The lowest BCUT2D eigenvalue weighted by atomic mass is 10.2. The number of anilines is 2. The standard InChI is InChI=1S/C23H26FN3O7P2S/c24-19-12-16(3-6-20(19)26-7-9-32-10-8-26)27-14-18(34-23(27)28)13-25-22(37)33-17-4-1-15(2-5-17)11-21(35-29)36(30)31/h1-6,12,18,21,29,35H,7-11,13-14H2,(H-,25,30,31,37)/p+1/t18-,21?/m0/s1. The van der Waals surface area contributed by atoms with Crippen molar-refractivity contribution in [1.82, 2.24) is 5.32 Å². The van der Waals surface area contributed by atoms with E-state index in [0.717, 1.165) is 5.56 Å². The van der Waals surface area contributed by atoms with E-state index in [4.69, 9.17) is 26.4 Å². The van der Waals surface area contributed by atoms with E-state index in [1.54, 1.807) is 36.4 Å². The van der Waals surface area contributed by atoms with Crippen molar-refractivity contribution in [1.29, 1.82) is 0 Å². The Bertz CT molecular complexity index is 1140. The van der Waals surface area contributed by atoms with Crippen LogP contribution in [0.2, 0.25) is 0 Å². The lowest BCUT2D eigenvalue weighted by Gasteiger charge is -2.29. The third-order valence-corrected chi connectivity index (χ3v) is 8.38. The van der Waals surface area contributed by atoms with Crippen LogP contribution in [0, 0.1) is 5.82 Å². The van der Waals surface area contributed by atoms with Gasteiger partial charge in [0.25, 0.3) is 5.17 Å². The second-order valence-corrected chi connectivity index (χ2v) is 11.5. The van der Waals surface area contributed by atoms with Gasteiger partial charge in [0.05, 0.1) is 46.5 Å². The van der Waals surface area contributed by atoms with Crippen LogP contribution in [0.25, 0.3) is 0 Å². The summed E-state index contributed by atoms with van der Waals surface area (Å²) >= 11 is 5.22. The van der Waals surface area contributed by atoms with Crippen LogP contribution in [0.4, 0.5) is 20.6 Å². The van der Waals surface area contributed by atoms with Crippen LogP contribution in [-0.2, 0) is 20.5 Å². The fraction of sp³-hybridized carbons (Fsp3) is 0.391. The molecule has 2 aliphatic rings. The van der Waals surface area contributed by atoms with E-state index in [2.05, 4.69) is 5.32 Å². The van der Waals surface area contributed by atoms with Gasteiger partial charge in [-0.05, 0) is 52.7 Å². The molecule has 0 spiro atoms. The van der Waals surface area contributed by atoms with Gasteiger partial charge in [-0.25, -0.2) is 9.18 Å². The monoisotopic (exact) mass is 570 g/mol. The van der Waals surface area contributed by atoms with Crippen molar-refractivity contribution in [3.05, 3.63) is 53.8 Å². The van der Waals surface area contributed by atoms with E-state index in [-0.39, 0.29) is 24.7 Å². The molecule has 2 aromatic rings. The van der Waals surface area contributed by atoms with Gasteiger partial charge < -0.3 is 29.3 Å². The second kappa shape index (κ2) is 12.9. The highest BCUT2D eigenvalue weighted by atomic mass is 32.1. The molecule has 0 bridgehead atoms. The first kappa shape index (κ1) is 27.6. The molecule has 0 radical (unpaired) electrons. The Hall–Kier alpha value is -2.46. The SMILES string of the molecule is O=C1O[C@@H](CNC(=S)Oc2ccc(CC(PO)[P+](=O)O)cc2)CN1c1ccc(N2CCOCC2)c(F)c1. The predicted octanol–water partition coefficient (Wildman–Crippen LogP) is 3.13. The molecule has 2 aromatic carbocycles. The van der Waals surface area contributed by atoms with Crippen LogP contribution in [0.5, 0.6) is 5.75 Å². The summed E-state index contributed by atoms with van der Waals surface area (Å²) in [4.78, 5) is 34.1. The number of amides is 1. The van der Waals surface area contributed by atoms with Crippen molar-refractivity contribution in [2.24, 2.45) is 0 Å². The van der Waals surface area contributed by atoms with E-state index >= 15 is 0 Å². The van der Waals surface area contributed by atoms with E-state index < -0.39 is 40.3 Å². The molecule has 3 N–H and O–H groups in total. The molecule has 0 saturated carbocycles. The Kier molecular flexibility index (Phi) is 9.59. The molecule has 4 atom stereocenters. The first-order valence-electron chi connectivity index (χ1n) is 11.5. The van der Waals surface area contributed by atoms with E-state index in [1.807, 2.05) is 4.90 Å². The highest BCUT2D eigenvalue weighted by Crippen LogP contribution is 2.37. The van der Waals surface area contributed by atoms with E-state index in [9.17, 15) is 23.5 Å². The number of hydrogen-bond acceptors (Lipinski definition) is 8. The largest absolute Gasteiger partial charge is 0.515 e. The van der Waals surface area contributed by atoms with Gasteiger partial charge in [-0.15, -0.1) is 0 Å². The van der Waals surface area contributed by atoms with Gasteiger partial charge in [0.15, 0.2) is 0 Å². The van der Waals surface area contributed by atoms with Gasteiger partial charge >= 0.3 is 14.1 Å². The van der Waals surface area contributed by atoms with Crippen molar-refractivity contribution in [2.75, 3.05) is 49.2 Å². The number of benzene rings is 2. The Morgan fingerprint density at radius 2 is 2.00 bits per heavy atom. The predicted molar refractivity (Wildman–Crippen MR) is 143 cm³/mol. The first-order chi connectivity index (χ1) is 17.8. The summed E-state index contributed by atoms with van der Waals surface area (Å²) in [7, 11) is -3.08. The van der Waals surface area contributed by atoms with Crippen LogP contribution in [0.1, 0.15) is 5.56 Å². The number of thiocarbonyl (C=S) groups is 1. The van der Waals surface area contributed by atoms with E-state index in [0.29, 0.717) is 43.4 Å². The molecule has 2 saturated heterocycles. The molecule has 0 aromatic heterocycles. The molecule has 3 unspecified atom stereocenters. The van der Waals surface area contributed by atoms with Gasteiger partial charge in [-0.1, -0.05) is 12.1 Å². The summed E-state index contributed by atoms with van der Waals surface area (Å²) in [6, 6.07) is 11.5. The highest BCUT2D eigenvalue weighted by molar-refractivity contribution is 7.80. The first-order valence-corrected chi connectivity index (χ1v) is 14.3. The zero-order chi connectivity index (χ0) is 26.4. The van der Waals surface area contributed by atoms with Gasteiger partial charge in [0.1, 0.15) is 17.7 Å². The van der Waals surface area contributed by atoms with Crippen molar-refractivity contribution >= 4 is 51.7 Å². The Labute approximate surface area is 221 Å². The Balaban J connectivity index is 1.26. The highest BCUT2D eigenvalue weighted by Gasteiger charge is 2.33. The fourth-order valence-electron chi connectivity index (χ4n) is 3.99. The maximum Gasteiger partial charge on any atom is 0.515 e. The zero-order valence-electron chi connectivity index (χ0n) is 19.7. The minimum atomic E-state index is -2.46. The lowest BCUT2D eigenvalue weighted by molar-refractivity contribution is 0.122. The number of nitrogens with one attached hydrogen (secondary N) is 1. The molecule has 37 heavy (non-hydrogen) atoms. The fourth-order valence-corrected chi connectivity index (χ4v) is 5.26. The average Bonchev–Trinajstić information content (AvgIpc) is 3.27. The van der Waals surface area contributed by atoms with Crippen LogP contribution in [0.3, 0.4) is 0 Å². The van der Waals surface area contributed by atoms with Crippen molar-refractivity contribution in [3.8, 4) is 5.75 Å². The molecule has 2 fully saturated rings. The van der Waals surface area contributed by atoms with Gasteiger partial charge in [-0.3, -0.25) is 4.90 Å². The number of hydrogen-bond donors (Lipinski definition) is 3. The number of carbonyl (C=O) groups is 1. The number of carbonyl (C=O) groups excluding carboxylic acids is 1. The number of rotatable bonds is 9. The summed E-state index contributed by atoms with van der Waals surface area (Å²) in [5.41, 5.74) is 1.67. The summed E-state index contributed by atoms with van der Waals surface area (Å²) in [6.45, 7) is 2.74. The lowest BCUT2D eigenvalue weighted by Crippen LogP contribution is -2.37. The summed E-state index contributed by atoms with van der Waals surface area (Å²) in [6.07, 6.45) is -0.818. The maximum atomic E-state index is 14.8. The smallest absolute Gasteiger partial charge is 0.442 e. The third kappa shape index (κ3) is 7.31. The maximum absolute atomic E-state index is 14.8. The van der Waals surface area contributed by atoms with Gasteiger partial charge in [-0.2, -0.15) is 4.89 Å². The minimum absolute atomic E-state index is 0.0799. The van der Waals surface area contributed by atoms with Crippen LogP contribution >= 0.6 is 29.1 Å². The second-order valence-electron chi connectivity index (χ2n) is 8.42. The van der Waals surface area contributed by atoms with Crippen LogP contribution in [-0.4, -0.2) is 72.0 Å². The number of ether oxygens (including phenoxy) is 3. The molecule has 198 valence electrons. The number of cyclic esters (lactones) is 1. The molecular formula is C23H27FN3O7P2S+. The topological polar surface area (TPSA) is 121 Å². The number of nitrogens with zero attached hydrogens (tertiary/aromatic N) is 2. The molecule has 14 heteroatoms. The molecule has 4 rings (SSSR count). The molecule has 2 heterocycles. The van der Waals surface area contributed by atoms with Gasteiger partial charge in [0, 0.05) is 19.5 Å². The average molecular weight is 570 g/mol. The van der Waals surface area contributed by atoms with Crippen molar-refractivity contribution in [3.63, 3.8) is 0 Å². The van der Waals surface area contributed by atoms with Crippen molar-refractivity contribution in [2.45, 2.75) is 17.9 Å². The summed E-state index contributed by atoms with van der Waals surface area (Å²) < 4.78 is 42.3. The Morgan fingerprint density at radius 1 is 1.27 bits per heavy atom. The third-order valence-electron chi connectivity index (χ3n) is 5.92. The van der Waals surface area contributed by atoms with Crippen LogP contribution < -0.4 is 19.9 Å². The molecule has 10 nitrogen and oxygen atoms in total. The normalized spacial score (nSPS) is 19.2. The molecule has 1 amide bonds. The zero-order valence-corrected chi connectivity index (χ0v) is 22.4. The molecule has 2 aliphatic heterocycles. The van der Waals surface area contributed by atoms with Crippen molar-refractivity contribution < 1.29 is 37.7 Å². The summed E-state index contributed by atoms with van der Waals surface area (Å²) in [5, 5.41) is 2.29. The number of halogens is 1. The summed E-state index contributed by atoms with van der Waals surface area (Å²) in [5.74, 6) is 0.0466. The Morgan fingerprint density at radius 3 is 2.65 bits per heavy atom. The van der Waals surface area contributed by atoms with Gasteiger partial charge in [0.2, 0.25) is 5.40 Å². The molecule has 0 aliphatic carbocycles. The minimum Gasteiger partial charge on any atom is -0.442 e. The van der Waals surface area contributed by atoms with Crippen LogP contribution in [0.15, 0.2) is 42.5 Å². The molecular weight excluding hydrogens is 543 g/mol. The number of morpholine rings is 1.